The Labute approximate surface area is 205 Å². The number of imide groups is 1. The van der Waals surface area contributed by atoms with Crippen LogP contribution >= 0.6 is 0 Å². The Morgan fingerprint density at radius 3 is 2.56 bits per heavy atom. The highest BCUT2D eigenvalue weighted by Gasteiger charge is 2.42. The fraction of sp³-hybridized carbons (Fsp3) is 0.440. The minimum Gasteiger partial charge on any atom is -0.383 e. The van der Waals surface area contributed by atoms with Gasteiger partial charge >= 0.3 is 6.18 Å². The van der Waals surface area contributed by atoms with E-state index in [0.29, 0.717) is 55.0 Å². The number of fused-ring (bicyclic) bond motifs is 1. The second-order valence-corrected chi connectivity index (χ2v) is 9.60. The lowest BCUT2D eigenvalue weighted by atomic mass is 9.87. The Hall–Kier alpha value is -3.31. The number of benzene rings is 1. The van der Waals surface area contributed by atoms with E-state index in [0.717, 1.165) is 12.1 Å². The van der Waals surface area contributed by atoms with Gasteiger partial charge < -0.3 is 10.0 Å². The van der Waals surface area contributed by atoms with E-state index in [4.69, 9.17) is 0 Å². The lowest BCUT2D eigenvalue weighted by Gasteiger charge is -2.38. The van der Waals surface area contributed by atoms with E-state index in [9.17, 15) is 32.7 Å². The van der Waals surface area contributed by atoms with Gasteiger partial charge in [0.05, 0.1) is 29.1 Å². The van der Waals surface area contributed by atoms with Crippen molar-refractivity contribution in [1.82, 2.24) is 20.1 Å². The molecule has 11 heteroatoms. The number of carbonyl (C=O) groups excluding carboxylic acids is 3. The van der Waals surface area contributed by atoms with Crippen LogP contribution in [0.25, 0.3) is 0 Å². The van der Waals surface area contributed by atoms with Gasteiger partial charge in [-0.1, -0.05) is 18.2 Å². The molecule has 8 nitrogen and oxygen atoms in total. The highest BCUT2D eigenvalue weighted by atomic mass is 19.4. The van der Waals surface area contributed by atoms with Gasteiger partial charge in [0.2, 0.25) is 11.8 Å². The van der Waals surface area contributed by atoms with Crippen LogP contribution in [-0.2, 0) is 34.5 Å². The number of alkyl halides is 3. The van der Waals surface area contributed by atoms with E-state index in [2.05, 4.69) is 10.3 Å². The van der Waals surface area contributed by atoms with Crippen molar-refractivity contribution in [3.05, 3.63) is 64.5 Å². The third-order valence-corrected chi connectivity index (χ3v) is 7.19. The summed E-state index contributed by atoms with van der Waals surface area (Å²) >= 11 is 0. The number of nitrogens with one attached hydrogen (secondary N) is 1. The third kappa shape index (κ3) is 4.60. The van der Waals surface area contributed by atoms with Gasteiger partial charge in [0.15, 0.2) is 0 Å². The first-order valence-corrected chi connectivity index (χ1v) is 11.8. The maximum atomic E-state index is 13.0. The highest BCUT2D eigenvalue weighted by molar-refractivity contribution is 6.05. The normalized spacial score (nSPS) is 22.5. The fourth-order valence-corrected chi connectivity index (χ4v) is 5.14. The van der Waals surface area contributed by atoms with Crippen molar-refractivity contribution in [2.24, 2.45) is 0 Å². The Morgan fingerprint density at radius 1 is 1.11 bits per heavy atom. The second-order valence-electron chi connectivity index (χ2n) is 9.60. The maximum absolute atomic E-state index is 13.0. The Kier molecular flexibility index (Phi) is 6.08. The number of piperidine rings is 2. The number of halogens is 3. The van der Waals surface area contributed by atoms with Crippen LogP contribution in [0, 0.1) is 0 Å². The van der Waals surface area contributed by atoms with E-state index >= 15 is 0 Å². The van der Waals surface area contributed by atoms with Crippen molar-refractivity contribution in [1.29, 1.82) is 0 Å². The number of likely N-dealkylation sites (tertiary alicyclic amines) is 1. The van der Waals surface area contributed by atoms with Crippen molar-refractivity contribution >= 4 is 17.7 Å². The van der Waals surface area contributed by atoms with Crippen molar-refractivity contribution in [2.45, 2.75) is 56.6 Å². The Bertz CT molecular complexity index is 1220. The molecule has 190 valence electrons. The molecule has 36 heavy (non-hydrogen) atoms. The van der Waals surface area contributed by atoms with Crippen LogP contribution in [0.15, 0.2) is 36.4 Å². The number of amides is 3. The zero-order valence-corrected chi connectivity index (χ0v) is 19.3. The van der Waals surface area contributed by atoms with E-state index < -0.39 is 29.3 Å². The zero-order valence-electron chi connectivity index (χ0n) is 19.3. The van der Waals surface area contributed by atoms with Gasteiger partial charge in [-0.2, -0.15) is 13.2 Å². The topological polar surface area (TPSA) is 103 Å². The molecule has 3 aliphatic heterocycles. The molecule has 1 atom stereocenters. The largest absolute Gasteiger partial charge is 0.416 e. The summed E-state index contributed by atoms with van der Waals surface area (Å²) in [6, 6.07) is 7.73. The second kappa shape index (κ2) is 8.97. The molecule has 3 amide bonds. The van der Waals surface area contributed by atoms with Gasteiger partial charge in [-0.25, -0.2) is 0 Å². The van der Waals surface area contributed by atoms with Crippen LogP contribution in [0.3, 0.4) is 0 Å². The minimum absolute atomic E-state index is 0.117. The maximum Gasteiger partial charge on any atom is 0.416 e. The predicted octanol–water partition coefficient (Wildman–Crippen LogP) is 2.34. The molecule has 0 saturated carbocycles. The van der Waals surface area contributed by atoms with Crippen molar-refractivity contribution < 1.29 is 32.7 Å². The SMILES string of the molecule is O=C1CCC(N2Cc3nc(C4(O)CCN(Cc5cccc(C(F)(F)F)c5)CC4)ccc3C2=O)C(=O)N1. The molecule has 2 saturated heterocycles. The van der Waals surface area contributed by atoms with Crippen LogP contribution in [-0.4, -0.2) is 56.7 Å². The molecule has 3 aliphatic rings. The number of carbonyl (C=O) groups is 3. The molecule has 0 aliphatic carbocycles. The molecule has 2 N–H and O–H groups in total. The quantitative estimate of drug-likeness (QED) is 0.623. The number of hydrogen-bond acceptors (Lipinski definition) is 6. The number of pyridine rings is 1. The average Bonchev–Trinajstić information content (AvgIpc) is 3.16. The van der Waals surface area contributed by atoms with Crippen molar-refractivity contribution in [2.75, 3.05) is 13.1 Å². The van der Waals surface area contributed by atoms with E-state index in [1.807, 2.05) is 4.90 Å². The summed E-state index contributed by atoms with van der Waals surface area (Å²) in [5.41, 5.74) is -0.0894. The lowest BCUT2D eigenvalue weighted by Crippen LogP contribution is -2.52. The molecule has 1 aromatic carbocycles. The smallest absolute Gasteiger partial charge is 0.383 e. The van der Waals surface area contributed by atoms with Crippen LogP contribution in [0.2, 0.25) is 0 Å². The van der Waals surface area contributed by atoms with Crippen molar-refractivity contribution in [3.63, 3.8) is 0 Å². The van der Waals surface area contributed by atoms with Crippen LogP contribution < -0.4 is 5.32 Å². The summed E-state index contributed by atoms with van der Waals surface area (Å²) in [6.07, 6.45) is -3.31. The molecule has 1 aromatic heterocycles. The molecule has 4 heterocycles. The van der Waals surface area contributed by atoms with Gasteiger partial charge in [0.1, 0.15) is 11.6 Å². The molecule has 1 unspecified atom stereocenters. The number of aliphatic hydroxyl groups is 1. The Morgan fingerprint density at radius 2 is 1.86 bits per heavy atom. The Balaban J connectivity index is 1.25. The van der Waals surface area contributed by atoms with Crippen molar-refractivity contribution in [3.8, 4) is 0 Å². The van der Waals surface area contributed by atoms with Gasteiger partial charge in [-0.05, 0) is 43.0 Å². The first kappa shape index (κ1) is 24.4. The van der Waals surface area contributed by atoms with Gasteiger partial charge in [0.25, 0.3) is 5.91 Å². The fourth-order valence-electron chi connectivity index (χ4n) is 5.14. The van der Waals surface area contributed by atoms with E-state index in [1.54, 1.807) is 18.2 Å². The molecule has 0 spiro atoms. The summed E-state index contributed by atoms with van der Waals surface area (Å²) in [5.74, 6) is -1.19. The number of nitrogens with zero attached hydrogens (tertiary/aromatic N) is 3. The lowest BCUT2D eigenvalue weighted by molar-refractivity contribution is -0.138. The van der Waals surface area contributed by atoms with Crippen LogP contribution in [0.1, 0.15) is 58.6 Å². The van der Waals surface area contributed by atoms with Gasteiger partial charge in [-0.3, -0.25) is 29.6 Å². The van der Waals surface area contributed by atoms with E-state index in [-0.39, 0.29) is 31.2 Å². The highest BCUT2D eigenvalue weighted by Crippen LogP contribution is 2.35. The standard InChI is InChI=1S/C25H25F3N4O4/c26-25(27,28)16-3-1-2-15(12-16)13-31-10-8-24(36,9-11-31)20-6-4-17-18(29-20)14-32(23(17)35)19-5-7-21(33)30-22(19)34/h1-4,6,12,19,36H,5,7-11,13-14H2,(H,30,33,34). The average molecular weight is 502 g/mol. The summed E-state index contributed by atoms with van der Waals surface area (Å²) in [4.78, 5) is 44.5. The van der Waals surface area contributed by atoms with Crippen LogP contribution in [0.5, 0.6) is 0 Å². The number of aromatic nitrogens is 1. The van der Waals surface area contributed by atoms with Gasteiger partial charge in [-0.15, -0.1) is 0 Å². The summed E-state index contributed by atoms with van der Waals surface area (Å²) in [5, 5.41) is 13.6. The first-order valence-electron chi connectivity index (χ1n) is 11.8. The molecule has 2 aromatic rings. The molecule has 2 fully saturated rings. The summed E-state index contributed by atoms with van der Waals surface area (Å²) < 4.78 is 39.0. The molecule has 0 radical (unpaired) electrons. The van der Waals surface area contributed by atoms with E-state index in [1.165, 1.54) is 11.0 Å². The summed E-state index contributed by atoms with van der Waals surface area (Å²) in [6.45, 7) is 1.39. The minimum atomic E-state index is -4.40. The monoisotopic (exact) mass is 502 g/mol. The zero-order chi connectivity index (χ0) is 25.7. The molecule has 0 bridgehead atoms. The number of rotatable bonds is 4. The summed E-state index contributed by atoms with van der Waals surface area (Å²) in [7, 11) is 0. The third-order valence-electron chi connectivity index (χ3n) is 7.19. The molecular formula is C25H25F3N4O4. The molecule has 5 rings (SSSR count). The van der Waals surface area contributed by atoms with Gasteiger partial charge in [0, 0.05) is 26.1 Å². The predicted molar refractivity (Wildman–Crippen MR) is 120 cm³/mol. The van der Waals surface area contributed by atoms with Crippen LogP contribution in [0.4, 0.5) is 13.2 Å². The number of hydrogen-bond donors (Lipinski definition) is 2. The molecular weight excluding hydrogens is 477 g/mol. The first-order chi connectivity index (χ1) is 17.0.